The number of nitrogens with zero attached hydrogens (tertiary/aromatic N) is 1. The molecule has 0 aliphatic heterocycles. The van der Waals surface area contributed by atoms with Crippen molar-refractivity contribution >= 4 is 27.6 Å². The molecule has 0 amide bonds. The van der Waals surface area contributed by atoms with Gasteiger partial charge in [-0.2, -0.15) is 4.39 Å². The van der Waals surface area contributed by atoms with Crippen LogP contribution in [0.5, 0.6) is 0 Å². The van der Waals surface area contributed by atoms with Crippen LogP contribution in [0.3, 0.4) is 0 Å². The molecule has 1 rings (SSSR count). The second kappa shape index (κ2) is 6.44. The van der Waals surface area contributed by atoms with Crippen molar-refractivity contribution in [2.75, 3.05) is 6.61 Å². The van der Waals surface area contributed by atoms with Crippen LogP contribution < -0.4 is 0 Å². The normalized spacial score (nSPS) is 10.2. The van der Waals surface area contributed by atoms with E-state index in [0.29, 0.717) is 16.5 Å². The molecular weight excluding hydrogens is 309 g/mol. The number of halogens is 2. The number of hydrogen-bond donors (Lipinski definition) is 0. The molecule has 0 N–H and O–H groups in total. The highest BCUT2D eigenvalue weighted by Crippen LogP contribution is 2.24. The predicted octanol–water partition coefficient (Wildman–Crippen LogP) is 2.73. The van der Waals surface area contributed by atoms with Crippen molar-refractivity contribution in [1.29, 1.82) is 0 Å². The van der Waals surface area contributed by atoms with Gasteiger partial charge >= 0.3 is 11.7 Å². The number of carbonyl (C=O) groups excluding carboxylic acids is 1. The molecule has 0 radical (unpaired) electrons. The zero-order valence-electron chi connectivity index (χ0n) is 9.61. The minimum absolute atomic E-state index is 0.107. The van der Waals surface area contributed by atoms with E-state index in [1.165, 1.54) is 0 Å². The summed E-state index contributed by atoms with van der Waals surface area (Å²) in [6.07, 6.45) is -0.107. The number of nitro benzene ring substituents is 1. The number of hydrogen-bond acceptors (Lipinski definition) is 4. The van der Waals surface area contributed by atoms with Crippen LogP contribution in [0.1, 0.15) is 18.1 Å². The van der Waals surface area contributed by atoms with E-state index < -0.39 is 22.4 Å². The van der Waals surface area contributed by atoms with Crippen LogP contribution in [0.15, 0.2) is 12.1 Å². The highest BCUT2D eigenvalue weighted by atomic mass is 79.9. The van der Waals surface area contributed by atoms with E-state index in [1.54, 1.807) is 6.92 Å². The number of benzene rings is 1. The molecule has 0 spiro atoms. The van der Waals surface area contributed by atoms with E-state index >= 15 is 0 Å². The Morgan fingerprint density at radius 1 is 1.50 bits per heavy atom. The van der Waals surface area contributed by atoms with Crippen LogP contribution in [0.25, 0.3) is 0 Å². The van der Waals surface area contributed by atoms with Gasteiger partial charge in [-0.3, -0.25) is 14.9 Å². The molecule has 1 aromatic rings. The van der Waals surface area contributed by atoms with E-state index in [0.717, 1.165) is 12.1 Å². The summed E-state index contributed by atoms with van der Waals surface area (Å²) in [6.45, 7) is 1.90. The molecule has 0 aromatic heterocycles. The summed E-state index contributed by atoms with van der Waals surface area (Å²) >= 11 is 3.15. The lowest BCUT2D eigenvalue weighted by Gasteiger charge is -2.07. The topological polar surface area (TPSA) is 69.4 Å². The SMILES string of the molecule is CCOC(=O)Cc1cc(F)c([N+](=O)[O-])cc1CBr. The summed E-state index contributed by atoms with van der Waals surface area (Å²) in [7, 11) is 0. The molecule has 0 heterocycles. The van der Waals surface area contributed by atoms with E-state index in [9.17, 15) is 19.3 Å². The summed E-state index contributed by atoms with van der Waals surface area (Å²) in [5.74, 6) is -1.45. The molecule has 0 unspecified atom stereocenters. The average molecular weight is 320 g/mol. The van der Waals surface area contributed by atoms with Crippen molar-refractivity contribution in [3.8, 4) is 0 Å². The molecule has 1 aromatic carbocycles. The van der Waals surface area contributed by atoms with E-state index in [1.807, 2.05) is 0 Å². The summed E-state index contributed by atoms with van der Waals surface area (Å²) in [4.78, 5) is 21.1. The Morgan fingerprint density at radius 3 is 2.67 bits per heavy atom. The van der Waals surface area contributed by atoms with Gasteiger partial charge in [0.15, 0.2) is 0 Å². The van der Waals surface area contributed by atoms with Gasteiger partial charge in [-0.05, 0) is 24.1 Å². The second-order valence-corrected chi connectivity index (χ2v) is 4.01. The lowest BCUT2D eigenvalue weighted by molar-refractivity contribution is -0.387. The van der Waals surface area contributed by atoms with Crippen LogP contribution >= 0.6 is 15.9 Å². The zero-order valence-corrected chi connectivity index (χ0v) is 11.2. The zero-order chi connectivity index (χ0) is 13.7. The van der Waals surface area contributed by atoms with Crippen molar-refractivity contribution < 1.29 is 18.8 Å². The summed E-state index contributed by atoms with van der Waals surface area (Å²) < 4.78 is 18.2. The standard InChI is InChI=1S/C11H11BrFNO4/c1-2-18-11(15)5-7-3-9(13)10(14(16)17)4-8(7)6-12/h3-4H,2,5-6H2,1H3. The lowest BCUT2D eigenvalue weighted by Crippen LogP contribution is -2.10. The Hall–Kier alpha value is -1.50. The molecule has 18 heavy (non-hydrogen) atoms. The maximum absolute atomic E-state index is 13.4. The number of nitro groups is 1. The number of esters is 1. The quantitative estimate of drug-likeness (QED) is 0.362. The number of rotatable bonds is 5. The van der Waals surface area contributed by atoms with Crippen molar-refractivity contribution in [1.82, 2.24) is 0 Å². The van der Waals surface area contributed by atoms with Crippen LogP contribution in [0.4, 0.5) is 10.1 Å². The number of carbonyl (C=O) groups is 1. The second-order valence-electron chi connectivity index (χ2n) is 3.44. The van der Waals surface area contributed by atoms with Crippen LogP contribution in [0.2, 0.25) is 0 Å². The molecule has 0 aliphatic carbocycles. The van der Waals surface area contributed by atoms with Gasteiger partial charge in [-0.15, -0.1) is 0 Å². The molecule has 0 saturated carbocycles. The molecular formula is C11H11BrFNO4. The third kappa shape index (κ3) is 3.49. The van der Waals surface area contributed by atoms with Crippen LogP contribution in [0, 0.1) is 15.9 Å². The Kier molecular flexibility index (Phi) is 5.21. The van der Waals surface area contributed by atoms with Gasteiger partial charge in [0, 0.05) is 11.4 Å². The smallest absolute Gasteiger partial charge is 0.310 e. The monoisotopic (exact) mass is 319 g/mol. The fourth-order valence-corrected chi connectivity index (χ4v) is 1.96. The largest absolute Gasteiger partial charge is 0.466 e. The summed E-state index contributed by atoms with van der Waals surface area (Å²) in [6, 6.07) is 2.13. The Bertz CT molecular complexity index is 478. The van der Waals surface area contributed by atoms with Gasteiger partial charge < -0.3 is 4.74 Å². The first kappa shape index (κ1) is 14.6. The van der Waals surface area contributed by atoms with Gasteiger partial charge in [0.1, 0.15) is 0 Å². The van der Waals surface area contributed by atoms with E-state index in [4.69, 9.17) is 4.74 Å². The van der Waals surface area contributed by atoms with Gasteiger partial charge in [-0.25, -0.2) is 0 Å². The van der Waals surface area contributed by atoms with Gasteiger partial charge in [-0.1, -0.05) is 15.9 Å². The summed E-state index contributed by atoms with van der Waals surface area (Å²) in [5, 5.41) is 10.9. The summed E-state index contributed by atoms with van der Waals surface area (Å²) in [5.41, 5.74) is 0.279. The molecule has 0 aliphatic rings. The first-order valence-electron chi connectivity index (χ1n) is 5.16. The molecule has 0 bridgehead atoms. The van der Waals surface area contributed by atoms with Crippen molar-refractivity contribution in [2.24, 2.45) is 0 Å². The fraction of sp³-hybridized carbons (Fsp3) is 0.364. The minimum Gasteiger partial charge on any atom is -0.466 e. The molecule has 0 atom stereocenters. The fourth-order valence-electron chi connectivity index (χ4n) is 1.44. The van der Waals surface area contributed by atoms with Crippen LogP contribution in [-0.2, 0) is 21.3 Å². The van der Waals surface area contributed by atoms with Gasteiger partial charge in [0.2, 0.25) is 5.82 Å². The lowest BCUT2D eigenvalue weighted by atomic mass is 10.0. The van der Waals surface area contributed by atoms with E-state index in [-0.39, 0.29) is 13.0 Å². The molecule has 98 valence electrons. The highest BCUT2D eigenvalue weighted by Gasteiger charge is 2.19. The third-order valence-corrected chi connectivity index (χ3v) is 2.85. The molecule has 5 nitrogen and oxygen atoms in total. The van der Waals surface area contributed by atoms with Crippen molar-refractivity contribution in [3.63, 3.8) is 0 Å². The molecule has 7 heteroatoms. The third-order valence-electron chi connectivity index (χ3n) is 2.25. The van der Waals surface area contributed by atoms with Crippen molar-refractivity contribution in [2.45, 2.75) is 18.7 Å². The first-order valence-corrected chi connectivity index (χ1v) is 6.29. The number of alkyl halides is 1. The average Bonchev–Trinajstić information content (AvgIpc) is 2.29. The maximum atomic E-state index is 13.4. The highest BCUT2D eigenvalue weighted by molar-refractivity contribution is 9.08. The minimum atomic E-state index is -0.955. The first-order chi connectivity index (χ1) is 8.49. The molecule has 0 saturated heterocycles. The van der Waals surface area contributed by atoms with Crippen molar-refractivity contribution in [3.05, 3.63) is 39.2 Å². The Balaban J connectivity index is 3.09. The predicted molar refractivity (Wildman–Crippen MR) is 66.0 cm³/mol. The number of ether oxygens (including phenoxy) is 1. The van der Waals surface area contributed by atoms with Gasteiger partial charge in [0.25, 0.3) is 0 Å². The molecule has 0 fully saturated rings. The van der Waals surface area contributed by atoms with E-state index in [2.05, 4.69) is 15.9 Å². The van der Waals surface area contributed by atoms with Gasteiger partial charge in [0.05, 0.1) is 18.0 Å². The maximum Gasteiger partial charge on any atom is 0.310 e. The Labute approximate surface area is 111 Å². The van der Waals surface area contributed by atoms with Crippen LogP contribution in [-0.4, -0.2) is 17.5 Å². The Morgan fingerprint density at radius 2 is 2.17 bits per heavy atom.